The zero-order valence-corrected chi connectivity index (χ0v) is 13.9. The number of benzene rings is 1. The molecule has 1 heterocycles. The number of aromatic nitrogens is 2. The second kappa shape index (κ2) is 6.02. The minimum Gasteiger partial charge on any atom is -0.382 e. The van der Waals surface area contributed by atoms with Crippen LogP contribution >= 0.6 is 0 Å². The summed E-state index contributed by atoms with van der Waals surface area (Å²) in [6.45, 7) is 0. The highest BCUT2D eigenvalue weighted by Crippen LogP contribution is 2.30. The molecule has 124 valence electrons. The summed E-state index contributed by atoms with van der Waals surface area (Å²) >= 11 is 0. The normalized spacial score (nSPS) is 13.9. The maximum Gasteiger partial charge on any atom is 0.229 e. The smallest absolute Gasteiger partial charge is 0.229 e. The Morgan fingerprint density at radius 3 is 2.67 bits per heavy atom. The van der Waals surface area contributed by atoms with Gasteiger partial charge in [0.1, 0.15) is 5.82 Å². The van der Waals surface area contributed by atoms with Gasteiger partial charge in [-0.05, 0) is 25.0 Å². The molecule has 2 aromatic rings. The van der Waals surface area contributed by atoms with E-state index in [1.807, 2.05) is 0 Å². The van der Waals surface area contributed by atoms with Gasteiger partial charge in [0.05, 0.1) is 17.5 Å². The topological polar surface area (TPSA) is 124 Å². The summed E-state index contributed by atoms with van der Waals surface area (Å²) in [5.74, 6) is 6.83. The molecule has 0 aliphatic heterocycles. The summed E-state index contributed by atoms with van der Waals surface area (Å²) in [5.41, 5.74) is 13.8. The summed E-state index contributed by atoms with van der Waals surface area (Å²) in [6.07, 6.45) is 3.27. The van der Waals surface area contributed by atoms with Crippen molar-refractivity contribution in [3.8, 4) is 23.1 Å². The Labute approximate surface area is 140 Å². The van der Waals surface area contributed by atoms with Gasteiger partial charge < -0.3 is 11.5 Å². The molecule has 0 unspecified atom stereocenters. The van der Waals surface area contributed by atoms with Crippen molar-refractivity contribution < 1.29 is 8.42 Å². The van der Waals surface area contributed by atoms with Crippen LogP contribution in [0, 0.1) is 17.8 Å². The molecular formula is C16H17N5O2S. The zero-order valence-electron chi connectivity index (χ0n) is 13.1. The largest absolute Gasteiger partial charge is 0.382 e. The third-order valence-corrected chi connectivity index (χ3v) is 3.98. The second-order valence-corrected chi connectivity index (χ2v) is 7.44. The fraction of sp³-hybridized carbons (Fsp3) is 0.250. The lowest BCUT2D eigenvalue weighted by Crippen LogP contribution is -2.09. The lowest BCUT2D eigenvalue weighted by atomic mass is 10.1. The van der Waals surface area contributed by atoms with Crippen molar-refractivity contribution in [3.63, 3.8) is 0 Å². The number of nitrogen functional groups attached to an aromatic ring is 2. The standard InChI is InChI=1S/C16H17N5O2S/c1-24(22,23)21-12-4-2-3-11(9-12)14-13(8-7-10-5-6-10)15(17)20-16(18)19-14/h2-4,9-10,21H,5-6H2,1H3,(H4,17,18,19,20). The van der Waals surface area contributed by atoms with Crippen LogP contribution in [0.4, 0.5) is 17.5 Å². The molecule has 7 nitrogen and oxygen atoms in total. The van der Waals surface area contributed by atoms with E-state index in [1.54, 1.807) is 24.3 Å². The molecule has 0 radical (unpaired) electrons. The Morgan fingerprint density at radius 1 is 1.25 bits per heavy atom. The van der Waals surface area contributed by atoms with Gasteiger partial charge in [0.25, 0.3) is 0 Å². The Balaban J connectivity index is 2.08. The minimum atomic E-state index is -3.38. The molecular weight excluding hydrogens is 326 g/mol. The number of nitrogens with zero attached hydrogens (tertiary/aromatic N) is 2. The molecule has 0 amide bonds. The summed E-state index contributed by atoms with van der Waals surface area (Å²) < 4.78 is 25.2. The van der Waals surface area contributed by atoms with Gasteiger partial charge in [-0.1, -0.05) is 24.0 Å². The number of nitrogens with one attached hydrogen (secondary N) is 1. The number of hydrogen-bond donors (Lipinski definition) is 3. The van der Waals surface area contributed by atoms with Crippen LogP contribution in [-0.2, 0) is 10.0 Å². The van der Waals surface area contributed by atoms with E-state index in [9.17, 15) is 8.42 Å². The highest BCUT2D eigenvalue weighted by atomic mass is 32.2. The Hall–Kier alpha value is -2.79. The molecule has 1 aromatic heterocycles. The molecule has 1 fully saturated rings. The minimum absolute atomic E-state index is 0.0425. The van der Waals surface area contributed by atoms with Crippen molar-refractivity contribution >= 4 is 27.5 Å². The van der Waals surface area contributed by atoms with Gasteiger partial charge in [0.2, 0.25) is 16.0 Å². The predicted molar refractivity (Wildman–Crippen MR) is 94.4 cm³/mol. The lowest BCUT2D eigenvalue weighted by molar-refractivity contribution is 0.607. The molecule has 1 aliphatic rings. The van der Waals surface area contributed by atoms with Gasteiger partial charge in [-0.15, -0.1) is 0 Å². The Bertz CT molecular complexity index is 956. The van der Waals surface area contributed by atoms with Gasteiger partial charge in [-0.25, -0.2) is 13.4 Å². The van der Waals surface area contributed by atoms with E-state index < -0.39 is 10.0 Å². The van der Waals surface area contributed by atoms with Crippen molar-refractivity contribution in [2.75, 3.05) is 22.4 Å². The van der Waals surface area contributed by atoms with Gasteiger partial charge in [-0.2, -0.15) is 4.98 Å². The maximum absolute atomic E-state index is 11.4. The van der Waals surface area contributed by atoms with E-state index in [2.05, 4.69) is 26.5 Å². The predicted octanol–water partition coefficient (Wildman–Crippen LogP) is 1.44. The second-order valence-electron chi connectivity index (χ2n) is 5.69. The third kappa shape index (κ3) is 3.94. The van der Waals surface area contributed by atoms with Crippen LogP contribution in [0.1, 0.15) is 18.4 Å². The van der Waals surface area contributed by atoms with Crippen LogP contribution in [0.5, 0.6) is 0 Å². The van der Waals surface area contributed by atoms with E-state index in [0.717, 1.165) is 19.1 Å². The summed E-state index contributed by atoms with van der Waals surface area (Å²) in [7, 11) is -3.38. The van der Waals surface area contributed by atoms with Gasteiger partial charge in [-0.3, -0.25) is 4.72 Å². The first-order valence-electron chi connectivity index (χ1n) is 7.34. The summed E-state index contributed by atoms with van der Waals surface area (Å²) in [6, 6.07) is 6.81. The van der Waals surface area contributed by atoms with E-state index in [0.29, 0.717) is 28.4 Å². The van der Waals surface area contributed by atoms with Gasteiger partial charge >= 0.3 is 0 Å². The van der Waals surface area contributed by atoms with E-state index in [1.165, 1.54) is 0 Å². The molecule has 8 heteroatoms. The summed E-state index contributed by atoms with van der Waals surface area (Å²) in [4.78, 5) is 8.22. The number of anilines is 3. The fourth-order valence-electron chi connectivity index (χ4n) is 2.17. The van der Waals surface area contributed by atoms with Crippen LogP contribution in [0.25, 0.3) is 11.3 Å². The fourth-order valence-corrected chi connectivity index (χ4v) is 2.73. The first-order valence-corrected chi connectivity index (χ1v) is 9.24. The van der Waals surface area contributed by atoms with E-state index >= 15 is 0 Å². The summed E-state index contributed by atoms with van der Waals surface area (Å²) in [5, 5.41) is 0. The maximum atomic E-state index is 11.4. The number of rotatable bonds is 3. The highest BCUT2D eigenvalue weighted by Gasteiger charge is 2.19. The van der Waals surface area contributed by atoms with Crippen LogP contribution < -0.4 is 16.2 Å². The molecule has 0 atom stereocenters. The number of nitrogens with two attached hydrogens (primary N) is 2. The Kier molecular flexibility index (Phi) is 4.03. The third-order valence-electron chi connectivity index (χ3n) is 3.37. The average molecular weight is 343 g/mol. The molecule has 1 aromatic carbocycles. The van der Waals surface area contributed by atoms with Crippen LogP contribution in [0.2, 0.25) is 0 Å². The molecule has 5 N–H and O–H groups in total. The van der Waals surface area contributed by atoms with Crippen molar-refractivity contribution in [2.45, 2.75) is 12.8 Å². The van der Waals surface area contributed by atoms with E-state index in [-0.39, 0.29) is 11.8 Å². The first-order chi connectivity index (χ1) is 11.3. The van der Waals surface area contributed by atoms with Crippen molar-refractivity contribution in [2.24, 2.45) is 5.92 Å². The van der Waals surface area contributed by atoms with Gasteiger partial charge in [0, 0.05) is 17.2 Å². The first kappa shape index (κ1) is 16.1. The lowest BCUT2D eigenvalue weighted by Gasteiger charge is -2.10. The molecule has 1 aliphatic carbocycles. The molecule has 0 bridgehead atoms. The SMILES string of the molecule is CS(=O)(=O)Nc1cccc(-c2nc(N)nc(N)c2C#CC2CC2)c1. The van der Waals surface area contributed by atoms with Crippen LogP contribution in [0.15, 0.2) is 24.3 Å². The quantitative estimate of drug-likeness (QED) is 0.724. The van der Waals surface area contributed by atoms with Crippen molar-refractivity contribution in [1.29, 1.82) is 0 Å². The van der Waals surface area contributed by atoms with Crippen molar-refractivity contribution in [1.82, 2.24) is 9.97 Å². The zero-order chi connectivity index (χ0) is 17.3. The number of sulfonamides is 1. The highest BCUT2D eigenvalue weighted by molar-refractivity contribution is 7.92. The molecule has 1 saturated carbocycles. The van der Waals surface area contributed by atoms with E-state index in [4.69, 9.17) is 11.5 Å². The molecule has 0 saturated heterocycles. The Morgan fingerprint density at radius 2 is 2.00 bits per heavy atom. The molecule has 0 spiro atoms. The van der Waals surface area contributed by atoms with Crippen LogP contribution in [-0.4, -0.2) is 24.6 Å². The van der Waals surface area contributed by atoms with Crippen LogP contribution in [0.3, 0.4) is 0 Å². The number of hydrogen-bond acceptors (Lipinski definition) is 6. The van der Waals surface area contributed by atoms with Gasteiger partial charge in [0.15, 0.2) is 0 Å². The average Bonchev–Trinajstić information content (AvgIpc) is 3.28. The monoisotopic (exact) mass is 343 g/mol. The molecule has 24 heavy (non-hydrogen) atoms. The van der Waals surface area contributed by atoms with Crippen molar-refractivity contribution in [3.05, 3.63) is 29.8 Å². The molecule has 3 rings (SSSR count).